The zero-order chi connectivity index (χ0) is 19.3. The number of hydrogen-bond donors (Lipinski definition) is 2. The lowest BCUT2D eigenvalue weighted by molar-refractivity contribution is 0.0724. The topological polar surface area (TPSA) is 44.4 Å². The number of aryl methyl sites for hydroxylation is 1. The van der Waals surface area contributed by atoms with Gasteiger partial charge in [0.1, 0.15) is 0 Å². The Balaban J connectivity index is 1.36. The van der Waals surface area contributed by atoms with E-state index >= 15 is 0 Å². The summed E-state index contributed by atoms with van der Waals surface area (Å²) < 4.78 is 0. The van der Waals surface area contributed by atoms with Gasteiger partial charge in [0.2, 0.25) is 0 Å². The summed E-state index contributed by atoms with van der Waals surface area (Å²) in [6.45, 7) is 1.74. The Morgan fingerprint density at radius 2 is 1.71 bits per heavy atom. The zero-order valence-corrected chi connectivity index (χ0v) is 16.9. The Bertz CT molecular complexity index is 843. The normalized spacial score (nSPS) is 18.9. The Labute approximate surface area is 172 Å². The second-order valence-corrected chi connectivity index (χ2v) is 8.08. The van der Waals surface area contributed by atoms with Crippen molar-refractivity contribution < 1.29 is 4.79 Å². The highest BCUT2D eigenvalue weighted by atomic mass is 32.1. The fourth-order valence-corrected chi connectivity index (χ4v) is 4.47. The highest BCUT2D eigenvalue weighted by molar-refractivity contribution is 7.80. The van der Waals surface area contributed by atoms with Crippen LogP contribution in [0.5, 0.6) is 0 Å². The van der Waals surface area contributed by atoms with Crippen molar-refractivity contribution in [1.29, 1.82) is 0 Å². The largest absolute Gasteiger partial charge is 0.356 e. The first-order valence-electron chi connectivity index (χ1n) is 10.3. The van der Waals surface area contributed by atoms with Crippen LogP contribution in [0.25, 0.3) is 0 Å². The lowest BCUT2D eigenvalue weighted by Gasteiger charge is -2.27. The molecule has 28 heavy (non-hydrogen) atoms. The minimum absolute atomic E-state index is 0.130. The second-order valence-electron chi connectivity index (χ2n) is 7.67. The van der Waals surface area contributed by atoms with E-state index in [9.17, 15) is 4.79 Å². The van der Waals surface area contributed by atoms with Gasteiger partial charge in [0, 0.05) is 24.3 Å². The molecule has 146 valence electrons. The molecule has 1 atom stereocenters. The van der Waals surface area contributed by atoms with E-state index in [0.29, 0.717) is 5.11 Å². The van der Waals surface area contributed by atoms with Gasteiger partial charge in [0.05, 0.1) is 6.04 Å². The van der Waals surface area contributed by atoms with Gasteiger partial charge in [-0.1, -0.05) is 24.3 Å². The number of fused-ring (bicyclic) bond motifs is 1. The van der Waals surface area contributed by atoms with Gasteiger partial charge in [-0.25, -0.2) is 0 Å². The Kier molecular flexibility index (Phi) is 5.91. The molecule has 1 aliphatic heterocycles. The highest BCUT2D eigenvalue weighted by Gasteiger charge is 2.21. The van der Waals surface area contributed by atoms with Gasteiger partial charge in [0.15, 0.2) is 5.11 Å². The first-order valence-corrected chi connectivity index (χ1v) is 10.7. The second kappa shape index (κ2) is 8.74. The van der Waals surface area contributed by atoms with Crippen LogP contribution in [0.2, 0.25) is 0 Å². The average Bonchev–Trinajstić information content (AvgIpc) is 2.75. The van der Waals surface area contributed by atoms with Crippen LogP contribution in [0.1, 0.15) is 59.6 Å². The summed E-state index contributed by atoms with van der Waals surface area (Å²) >= 11 is 5.54. The molecule has 2 aliphatic rings. The van der Waals surface area contributed by atoms with Gasteiger partial charge in [-0.2, -0.15) is 0 Å². The van der Waals surface area contributed by atoms with E-state index in [1.807, 2.05) is 29.2 Å². The molecule has 1 unspecified atom stereocenters. The van der Waals surface area contributed by atoms with E-state index in [0.717, 1.165) is 50.0 Å². The van der Waals surface area contributed by atoms with Crippen LogP contribution in [-0.2, 0) is 6.42 Å². The maximum atomic E-state index is 12.6. The lowest BCUT2D eigenvalue weighted by Crippen LogP contribution is -2.35. The summed E-state index contributed by atoms with van der Waals surface area (Å²) in [7, 11) is 0. The summed E-state index contributed by atoms with van der Waals surface area (Å²) in [5.41, 5.74) is 4.40. The van der Waals surface area contributed by atoms with Crippen LogP contribution in [0.4, 0.5) is 5.69 Å². The molecule has 1 amide bonds. The van der Waals surface area contributed by atoms with Crippen molar-refractivity contribution in [2.75, 3.05) is 18.4 Å². The molecule has 1 heterocycles. The number of likely N-dealkylation sites (tertiary alicyclic amines) is 1. The Morgan fingerprint density at radius 3 is 2.50 bits per heavy atom. The van der Waals surface area contributed by atoms with Gasteiger partial charge in [-0.05, 0) is 86.1 Å². The van der Waals surface area contributed by atoms with Gasteiger partial charge < -0.3 is 15.5 Å². The summed E-state index contributed by atoms with van der Waals surface area (Å²) in [6.07, 6.45) is 6.83. The van der Waals surface area contributed by atoms with E-state index < -0.39 is 0 Å². The van der Waals surface area contributed by atoms with Crippen molar-refractivity contribution in [3.63, 3.8) is 0 Å². The van der Waals surface area contributed by atoms with Crippen LogP contribution in [-0.4, -0.2) is 29.0 Å². The number of piperidine rings is 1. The average molecular weight is 394 g/mol. The van der Waals surface area contributed by atoms with Crippen molar-refractivity contribution in [3.8, 4) is 0 Å². The fraction of sp³-hybridized carbons (Fsp3) is 0.391. The van der Waals surface area contributed by atoms with Crippen LogP contribution in [0, 0.1) is 0 Å². The van der Waals surface area contributed by atoms with Crippen LogP contribution in [0.3, 0.4) is 0 Å². The molecule has 0 spiro atoms. The third-order valence-corrected chi connectivity index (χ3v) is 5.93. The molecular weight excluding hydrogens is 366 g/mol. The van der Waals surface area contributed by atoms with Crippen LogP contribution >= 0.6 is 12.2 Å². The Morgan fingerprint density at radius 1 is 0.964 bits per heavy atom. The quantitative estimate of drug-likeness (QED) is 0.744. The number of rotatable bonds is 3. The van der Waals surface area contributed by atoms with E-state index in [4.69, 9.17) is 12.2 Å². The summed E-state index contributed by atoms with van der Waals surface area (Å²) in [5, 5.41) is 7.34. The number of carbonyl (C=O) groups is 1. The van der Waals surface area contributed by atoms with Gasteiger partial charge in [0.25, 0.3) is 5.91 Å². The fourth-order valence-electron chi connectivity index (χ4n) is 4.21. The number of amides is 1. The van der Waals surface area contributed by atoms with Gasteiger partial charge >= 0.3 is 0 Å². The summed E-state index contributed by atoms with van der Waals surface area (Å²) in [6, 6.07) is 16.5. The first kappa shape index (κ1) is 18.9. The van der Waals surface area contributed by atoms with Gasteiger partial charge in [-0.3, -0.25) is 4.79 Å². The van der Waals surface area contributed by atoms with E-state index in [2.05, 4.69) is 34.9 Å². The number of benzene rings is 2. The molecule has 4 rings (SSSR count). The summed E-state index contributed by atoms with van der Waals surface area (Å²) in [4.78, 5) is 14.5. The number of carbonyl (C=O) groups excluding carboxylic acids is 1. The standard InChI is InChI=1S/C23H27N3OS/c27-22(26-15-4-1-5-16-26)18-11-13-19(14-12-18)24-23(28)25-21-10-6-8-17-7-2-3-9-20(17)21/h2-3,7,9,11-14,21H,1,4-6,8,10,15-16H2,(H2,24,25,28). The zero-order valence-electron chi connectivity index (χ0n) is 16.1. The molecule has 0 radical (unpaired) electrons. The minimum atomic E-state index is 0.130. The minimum Gasteiger partial charge on any atom is -0.356 e. The van der Waals surface area contributed by atoms with E-state index in [-0.39, 0.29) is 11.9 Å². The molecule has 1 fully saturated rings. The van der Waals surface area contributed by atoms with Crippen molar-refractivity contribution in [3.05, 3.63) is 65.2 Å². The molecule has 1 saturated heterocycles. The summed E-state index contributed by atoms with van der Waals surface area (Å²) in [5.74, 6) is 0.130. The number of anilines is 1. The molecule has 0 aromatic heterocycles. The Hall–Kier alpha value is -2.40. The number of thiocarbonyl (C=S) groups is 1. The number of nitrogens with zero attached hydrogens (tertiary/aromatic N) is 1. The maximum absolute atomic E-state index is 12.6. The molecule has 2 aromatic carbocycles. The molecular formula is C23H27N3OS. The number of hydrogen-bond acceptors (Lipinski definition) is 2. The van der Waals surface area contributed by atoms with Crippen molar-refractivity contribution >= 4 is 28.9 Å². The predicted octanol–water partition coefficient (Wildman–Crippen LogP) is 4.68. The lowest BCUT2D eigenvalue weighted by atomic mass is 9.88. The third kappa shape index (κ3) is 4.36. The van der Waals surface area contributed by atoms with Crippen LogP contribution in [0.15, 0.2) is 48.5 Å². The highest BCUT2D eigenvalue weighted by Crippen LogP contribution is 2.29. The molecule has 0 saturated carbocycles. The molecule has 5 heteroatoms. The maximum Gasteiger partial charge on any atom is 0.253 e. The molecule has 1 aliphatic carbocycles. The van der Waals surface area contributed by atoms with Crippen molar-refractivity contribution in [1.82, 2.24) is 10.2 Å². The molecule has 2 aromatic rings. The molecule has 4 nitrogen and oxygen atoms in total. The third-order valence-electron chi connectivity index (χ3n) is 5.71. The molecule has 2 N–H and O–H groups in total. The van der Waals surface area contributed by atoms with Gasteiger partial charge in [-0.15, -0.1) is 0 Å². The SMILES string of the molecule is O=C(c1ccc(NC(=S)NC2CCCc3ccccc32)cc1)N1CCCCC1. The van der Waals surface area contributed by atoms with E-state index in [1.54, 1.807) is 0 Å². The van der Waals surface area contributed by atoms with E-state index in [1.165, 1.54) is 24.0 Å². The monoisotopic (exact) mass is 393 g/mol. The predicted molar refractivity (Wildman–Crippen MR) is 118 cm³/mol. The van der Waals surface area contributed by atoms with Crippen LogP contribution < -0.4 is 10.6 Å². The van der Waals surface area contributed by atoms with Crippen molar-refractivity contribution in [2.45, 2.75) is 44.6 Å². The van der Waals surface area contributed by atoms with Crippen molar-refractivity contribution in [2.24, 2.45) is 0 Å². The first-order chi connectivity index (χ1) is 13.7. The number of nitrogens with one attached hydrogen (secondary N) is 2. The smallest absolute Gasteiger partial charge is 0.253 e. The molecule has 0 bridgehead atoms.